The zero-order valence-corrected chi connectivity index (χ0v) is 18.4. The largest absolute Gasteiger partial charge is 0.503 e. The molecule has 1 amide bonds. The van der Waals surface area contributed by atoms with Gasteiger partial charge >= 0.3 is 0 Å². The second-order valence-electron chi connectivity index (χ2n) is 7.60. The van der Waals surface area contributed by atoms with Crippen LogP contribution in [0.4, 0.5) is 0 Å². The SMILES string of the molecule is CCN(CC)CCCN1C(=O)C(O)=C(C(=O)/C=C/c2ccccc2)C1c1ccc(C)o1. The molecule has 1 atom stereocenters. The Labute approximate surface area is 183 Å². The Morgan fingerprint density at radius 2 is 1.87 bits per heavy atom. The lowest BCUT2D eigenvalue weighted by Crippen LogP contribution is -2.34. The van der Waals surface area contributed by atoms with Crippen LogP contribution in [-0.4, -0.2) is 52.8 Å². The Balaban J connectivity index is 1.86. The summed E-state index contributed by atoms with van der Waals surface area (Å²) in [5.41, 5.74) is 0.927. The lowest BCUT2D eigenvalue weighted by atomic mass is 10.00. The molecule has 3 rings (SSSR count). The first kappa shape index (κ1) is 22.6. The van der Waals surface area contributed by atoms with Crippen LogP contribution in [0.2, 0.25) is 0 Å². The number of aryl methyl sites for hydroxylation is 1. The summed E-state index contributed by atoms with van der Waals surface area (Å²) in [4.78, 5) is 29.8. The second-order valence-corrected chi connectivity index (χ2v) is 7.60. The minimum Gasteiger partial charge on any atom is -0.503 e. The molecule has 1 unspecified atom stereocenters. The predicted molar refractivity (Wildman–Crippen MR) is 120 cm³/mol. The van der Waals surface area contributed by atoms with Gasteiger partial charge in [-0.05, 0) is 56.8 Å². The third-order valence-corrected chi connectivity index (χ3v) is 5.59. The smallest absolute Gasteiger partial charge is 0.290 e. The summed E-state index contributed by atoms with van der Waals surface area (Å²) >= 11 is 0. The topological polar surface area (TPSA) is 74.0 Å². The number of benzene rings is 1. The second kappa shape index (κ2) is 10.3. The average molecular weight is 423 g/mol. The van der Waals surface area contributed by atoms with E-state index in [1.807, 2.05) is 37.3 Å². The van der Waals surface area contributed by atoms with Gasteiger partial charge in [-0.25, -0.2) is 0 Å². The summed E-state index contributed by atoms with van der Waals surface area (Å²) in [5, 5.41) is 10.6. The van der Waals surface area contributed by atoms with E-state index in [-0.39, 0.29) is 5.57 Å². The minimum absolute atomic E-state index is 0.0642. The fourth-order valence-corrected chi connectivity index (χ4v) is 3.86. The molecule has 0 radical (unpaired) electrons. The highest BCUT2D eigenvalue weighted by Crippen LogP contribution is 2.38. The molecule has 2 heterocycles. The van der Waals surface area contributed by atoms with E-state index < -0.39 is 23.5 Å². The van der Waals surface area contributed by atoms with Crippen LogP contribution in [0.15, 0.2) is 64.3 Å². The van der Waals surface area contributed by atoms with Crippen molar-refractivity contribution in [3.8, 4) is 0 Å². The summed E-state index contributed by atoms with van der Waals surface area (Å²) in [5.74, 6) is -0.266. The number of allylic oxidation sites excluding steroid dienone is 1. The number of furan rings is 1. The van der Waals surface area contributed by atoms with Crippen LogP contribution in [0.5, 0.6) is 0 Å². The highest BCUT2D eigenvalue weighted by Gasteiger charge is 2.44. The number of nitrogens with zero attached hydrogens (tertiary/aromatic N) is 2. The molecule has 0 saturated heterocycles. The molecular weight excluding hydrogens is 392 g/mol. The van der Waals surface area contributed by atoms with E-state index >= 15 is 0 Å². The molecule has 0 aliphatic carbocycles. The molecule has 164 valence electrons. The van der Waals surface area contributed by atoms with Gasteiger partial charge in [0.2, 0.25) is 0 Å². The highest BCUT2D eigenvalue weighted by atomic mass is 16.3. The molecule has 6 heteroatoms. The van der Waals surface area contributed by atoms with Crippen LogP contribution >= 0.6 is 0 Å². The lowest BCUT2D eigenvalue weighted by Gasteiger charge is -2.26. The number of ketones is 1. The molecule has 1 N–H and O–H groups in total. The standard InChI is InChI=1S/C25H30N2O4/c1-4-26(5-2)16-9-17-27-23(21-15-12-18(3)31-21)22(24(29)25(27)30)20(28)14-13-19-10-7-6-8-11-19/h6-8,10-15,23,29H,4-5,9,16-17H2,1-3H3/b14-13+. The van der Waals surface area contributed by atoms with Crippen LogP contribution in [0.3, 0.4) is 0 Å². The Bertz CT molecular complexity index is 970. The fraction of sp³-hybridized carbons (Fsp3) is 0.360. The molecule has 1 aliphatic heterocycles. The monoisotopic (exact) mass is 422 g/mol. The van der Waals surface area contributed by atoms with E-state index in [9.17, 15) is 14.7 Å². The van der Waals surface area contributed by atoms with Crippen molar-refractivity contribution in [3.05, 3.63) is 77.0 Å². The van der Waals surface area contributed by atoms with Crippen molar-refractivity contribution < 1.29 is 19.1 Å². The van der Waals surface area contributed by atoms with Crippen molar-refractivity contribution >= 4 is 17.8 Å². The van der Waals surface area contributed by atoms with Crippen molar-refractivity contribution in [2.24, 2.45) is 0 Å². The zero-order valence-electron chi connectivity index (χ0n) is 18.4. The maximum atomic E-state index is 13.1. The van der Waals surface area contributed by atoms with E-state index in [1.54, 1.807) is 23.1 Å². The van der Waals surface area contributed by atoms with E-state index in [2.05, 4.69) is 18.7 Å². The van der Waals surface area contributed by atoms with Crippen LogP contribution in [-0.2, 0) is 9.59 Å². The minimum atomic E-state index is -0.731. The Hall–Kier alpha value is -3.12. The van der Waals surface area contributed by atoms with Crippen molar-refractivity contribution in [1.82, 2.24) is 9.80 Å². The number of aliphatic hydroxyl groups is 1. The van der Waals surface area contributed by atoms with Crippen molar-refractivity contribution in [2.75, 3.05) is 26.2 Å². The van der Waals surface area contributed by atoms with Crippen molar-refractivity contribution in [3.63, 3.8) is 0 Å². The van der Waals surface area contributed by atoms with Gasteiger partial charge in [-0.1, -0.05) is 50.3 Å². The summed E-state index contributed by atoms with van der Waals surface area (Å²) < 4.78 is 5.78. The quantitative estimate of drug-likeness (QED) is 0.578. The lowest BCUT2D eigenvalue weighted by molar-refractivity contribution is -0.129. The zero-order chi connectivity index (χ0) is 22.4. The first-order chi connectivity index (χ1) is 15.0. The fourth-order valence-electron chi connectivity index (χ4n) is 3.86. The first-order valence-corrected chi connectivity index (χ1v) is 10.8. The molecule has 31 heavy (non-hydrogen) atoms. The summed E-state index contributed by atoms with van der Waals surface area (Å²) in [6.07, 6.45) is 3.81. The van der Waals surface area contributed by atoms with Crippen LogP contribution in [0.25, 0.3) is 6.08 Å². The maximum Gasteiger partial charge on any atom is 0.290 e. The summed E-state index contributed by atoms with van der Waals surface area (Å²) in [6.45, 7) is 9.13. The number of hydrogen-bond donors (Lipinski definition) is 1. The summed E-state index contributed by atoms with van der Waals surface area (Å²) in [7, 11) is 0. The van der Waals surface area contributed by atoms with Gasteiger partial charge in [0.25, 0.3) is 5.91 Å². The molecule has 0 spiro atoms. The number of aliphatic hydroxyl groups excluding tert-OH is 1. The van der Waals surface area contributed by atoms with Crippen molar-refractivity contribution in [1.29, 1.82) is 0 Å². The molecule has 2 aromatic rings. The Morgan fingerprint density at radius 3 is 2.48 bits per heavy atom. The number of carbonyl (C=O) groups is 2. The van der Waals surface area contributed by atoms with Gasteiger partial charge < -0.3 is 19.3 Å². The van der Waals surface area contributed by atoms with E-state index in [4.69, 9.17) is 4.42 Å². The molecule has 0 bridgehead atoms. The molecule has 6 nitrogen and oxygen atoms in total. The van der Waals surface area contributed by atoms with Gasteiger partial charge in [-0.15, -0.1) is 0 Å². The first-order valence-electron chi connectivity index (χ1n) is 10.8. The predicted octanol–water partition coefficient (Wildman–Crippen LogP) is 4.30. The van der Waals surface area contributed by atoms with Crippen LogP contribution < -0.4 is 0 Å². The van der Waals surface area contributed by atoms with Gasteiger partial charge in [-0.3, -0.25) is 9.59 Å². The summed E-state index contributed by atoms with van der Waals surface area (Å²) in [6, 6.07) is 12.2. The Morgan fingerprint density at radius 1 is 1.16 bits per heavy atom. The molecule has 0 fully saturated rings. The van der Waals surface area contributed by atoms with Gasteiger partial charge in [0.1, 0.15) is 17.6 Å². The van der Waals surface area contributed by atoms with E-state index in [0.717, 1.165) is 31.6 Å². The molecule has 1 aromatic heterocycles. The van der Waals surface area contributed by atoms with Crippen LogP contribution in [0.1, 0.15) is 43.4 Å². The molecular formula is C25H30N2O4. The molecule has 1 aliphatic rings. The van der Waals surface area contributed by atoms with Crippen molar-refractivity contribution in [2.45, 2.75) is 33.2 Å². The maximum absolute atomic E-state index is 13.1. The third-order valence-electron chi connectivity index (χ3n) is 5.59. The van der Waals surface area contributed by atoms with Gasteiger partial charge in [-0.2, -0.15) is 0 Å². The number of rotatable bonds is 10. The normalized spacial score (nSPS) is 16.8. The average Bonchev–Trinajstić information content (AvgIpc) is 3.31. The Kier molecular flexibility index (Phi) is 7.47. The molecule has 0 saturated carbocycles. The third kappa shape index (κ3) is 5.14. The highest BCUT2D eigenvalue weighted by molar-refractivity contribution is 6.14. The van der Waals surface area contributed by atoms with Gasteiger partial charge in [0.15, 0.2) is 11.5 Å². The van der Waals surface area contributed by atoms with E-state index in [0.29, 0.717) is 18.1 Å². The van der Waals surface area contributed by atoms with Crippen LogP contribution in [0, 0.1) is 6.92 Å². The number of carbonyl (C=O) groups excluding carboxylic acids is 2. The number of amides is 1. The van der Waals surface area contributed by atoms with Gasteiger partial charge in [0, 0.05) is 6.54 Å². The van der Waals surface area contributed by atoms with Gasteiger partial charge in [0.05, 0.1) is 5.57 Å². The van der Waals surface area contributed by atoms with E-state index in [1.165, 1.54) is 6.08 Å². The molecule has 1 aromatic carbocycles. The number of hydrogen-bond acceptors (Lipinski definition) is 5.